The third kappa shape index (κ3) is 4.12. The van der Waals surface area contributed by atoms with Crippen LogP contribution < -0.4 is 5.32 Å². The lowest BCUT2D eigenvalue weighted by Gasteiger charge is -2.23. The second-order valence-electron chi connectivity index (χ2n) is 4.24. The van der Waals surface area contributed by atoms with E-state index in [4.69, 9.17) is 4.74 Å². The molecule has 0 saturated heterocycles. The molecule has 0 fully saturated rings. The molecule has 5 nitrogen and oxygen atoms in total. The first-order valence-electron chi connectivity index (χ1n) is 5.09. The normalized spacial score (nSPS) is 11.3. The van der Waals surface area contributed by atoms with E-state index in [1.165, 1.54) is 6.07 Å². The first kappa shape index (κ1) is 14.2. The topological polar surface area (TPSA) is 64.4 Å². The minimum Gasteiger partial charge on any atom is -0.382 e. The van der Waals surface area contributed by atoms with Gasteiger partial charge >= 0.3 is 0 Å². The molecular formula is C11H15IN2O3. The SMILES string of the molecule is COC(C)(C)CNc1ccc([N+](=O)[O-])c(I)c1. The van der Waals surface area contributed by atoms with Crippen LogP contribution in [0.3, 0.4) is 0 Å². The van der Waals surface area contributed by atoms with Crippen molar-refractivity contribution >= 4 is 34.0 Å². The van der Waals surface area contributed by atoms with Crippen molar-refractivity contribution in [3.8, 4) is 0 Å². The van der Waals surface area contributed by atoms with Crippen LogP contribution in [-0.2, 0) is 4.74 Å². The maximum atomic E-state index is 10.7. The lowest BCUT2D eigenvalue weighted by atomic mass is 10.1. The van der Waals surface area contributed by atoms with Crippen LogP contribution in [0.2, 0.25) is 0 Å². The second-order valence-corrected chi connectivity index (χ2v) is 5.40. The summed E-state index contributed by atoms with van der Waals surface area (Å²) in [5.41, 5.74) is 0.708. The van der Waals surface area contributed by atoms with Gasteiger partial charge in [-0.15, -0.1) is 0 Å². The fourth-order valence-electron chi connectivity index (χ4n) is 1.15. The van der Waals surface area contributed by atoms with Crippen LogP contribution in [0, 0.1) is 13.7 Å². The molecule has 0 aliphatic heterocycles. The summed E-state index contributed by atoms with van der Waals surface area (Å²) in [6.07, 6.45) is 0. The van der Waals surface area contributed by atoms with Crippen molar-refractivity contribution in [1.29, 1.82) is 0 Å². The highest BCUT2D eigenvalue weighted by molar-refractivity contribution is 14.1. The Hall–Kier alpha value is -0.890. The number of nitro benzene ring substituents is 1. The van der Waals surface area contributed by atoms with E-state index in [9.17, 15) is 10.1 Å². The van der Waals surface area contributed by atoms with Crippen LogP contribution in [0.25, 0.3) is 0 Å². The second kappa shape index (κ2) is 5.63. The summed E-state index contributed by atoms with van der Waals surface area (Å²) in [7, 11) is 1.65. The Morgan fingerprint density at radius 1 is 1.53 bits per heavy atom. The lowest BCUT2D eigenvalue weighted by molar-refractivity contribution is -0.385. The quantitative estimate of drug-likeness (QED) is 0.504. The highest BCUT2D eigenvalue weighted by atomic mass is 127. The Balaban J connectivity index is 2.75. The average Bonchev–Trinajstić information content (AvgIpc) is 2.26. The van der Waals surface area contributed by atoms with Crippen LogP contribution in [0.1, 0.15) is 13.8 Å². The predicted molar refractivity (Wildman–Crippen MR) is 75.4 cm³/mol. The van der Waals surface area contributed by atoms with Crippen molar-refractivity contribution < 1.29 is 9.66 Å². The van der Waals surface area contributed by atoms with Crippen LogP contribution >= 0.6 is 22.6 Å². The van der Waals surface area contributed by atoms with Crippen LogP contribution in [0.15, 0.2) is 18.2 Å². The molecule has 1 rings (SSSR count). The van der Waals surface area contributed by atoms with E-state index in [0.717, 1.165) is 5.69 Å². The lowest BCUT2D eigenvalue weighted by Crippen LogP contribution is -2.32. The van der Waals surface area contributed by atoms with Gasteiger partial charge in [0.1, 0.15) is 0 Å². The Morgan fingerprint density at radius 3 is 2.65 bits per heavy atom. The maximum Gasteiger partial charge on any atom is 0.282 e. The van der Waals surface area contributed by atoms with Crippen molar-refractivity contribution in [2.24, 2.45) is 0 Å². The minimum absolute atomic E-state index is 0.127. The molecule has 1 N–H and O–H groups in total. The molecule has 0 bridgehead atoms. The molecule has 0 radical (unpaired) electrons. The van der Waals surface area contributed by atoms with Gasteiger partial charge in [-0.2, -0.15) is 0 Å². The highest BCUT2D eigenvalue weighted by Gasteiger charge is 2.16. The number of rotatable bonds is 5. The zero-order chi connectivity index (χ0) is 13.1. The molecule has 94 valence electrons. The molecule has 0 aliphatic rings. The van der Waals surface area contributed by atoms with Crippen molar-refractivity contribution in [2.45, 2.75) is 19.4 Å². The molecule has 6 heteroatoms. The van der Waals surface area contributed by atoms with E-state index in [0.29, 0.717) is 10.1 Å². The standard InChI is InChI=1S/C11H15IN2O3/c1-11(2,17-3)7-13-8-4-5-10(14(15)16)9(12)6-8/h4-6,13H,7H2,1-3H3. The molecule has 0 unspecified atom stereocenters. The van der Waals surface area contributed by atoms with Gasteiger partial charge in [-0.1, -0.05) is 0 Å². The number of methoxy groups -OCH3 is 1. The Bertz CT molecular complexity index is 421. The number of nitrogens with one attached hydrogen (secondary N) is 1. The summed E-state index contributed by atoms with van der Waals surface area (Å²) in [5.74, 6) is 0. The molecule has 1 aromatic rings. The van der Waals surface area contributed by atoms with Gasteiger partial charge < -0.3 is 10.1 Å². The first-order chi connectivity index (χ1) is 7.85. The van der Waals surface area contributed by atoms with Gasteiger partial charge in [0.25, 0.3) is 5.69 Å². The van der Waals surface area contributed by atoms with Gasteiger partial charge in [0.05, 0.1) is 14.1 Å². The zero-order valence-electron chi connectivity index (χ0n) is 9.99. The van der Waals surface area contributed by atoms with Crippen LogP contribution in [-0.4, -0.2) is 24.2 Å². The fraction of sp³-hybridized carbons (Fsp3) is 0.455. The predicted octanol–water partition coefficient (Wildman–Crippen LogP) is 3.04. The number of hydrogen-bond acceptors (Lipinski definition) is 4. The number of nitro groups is 1. The Morgan fingerprint density at radius 2 is 2.18 bits per heavy atom. The summed E-state index contributed by atoms with van der Waals surface area (Å²) < 4.78 is 5.90. The van der Waals surface area contributed by atoms with Crippen LogP contribution in [0.4, 0.5) is 11.4 Å². The molecule has 0 amide bonds. The Labute approximate surface area is 114 Å². The number of hydrogen-bond donors (Lipinski definition) is 1. The average molecular weight is 350 g/mol. The monoisotopic (exact) mass is 350 g/mol. The van der Waals surface area contributed by atoms with Gasteiger partial charge in [-0.3, -0.25) is 10.1 Å². The van der Waals surface area contributed by atoms with Gasteiger partial charge in [-0.05, 0) is 48.6 Å². The smallest absolute Gasteiger partial charge is 0.282 e. The summed E-state index contributed by atoms with van der Waals surface area (Å²) in [5, 5.41) is 13.8. The molecule has 0 aliphatic carbocycles. The molecule has 1 aromatic carbocycles. The number of anilines is 1. The summed E-state index contributed by atoms with van der Waals surface area (Å²) in [6, 6.07) is 4.96. The van der Waals surface area contributed by atoms with Gasteiger partial charge in [-0.25, -0.2) is 0 Å². The number of ether oxygens (including phenoxy) is 1. The summed E-state index contributed by atoms with van der Waals surface area (Å²) >= 11 is 1.96. The van der Waals surface area contributed by atoms with E-state index >= 15 is 0 Å². The zero-order valence-corrected chi connectivity index (χ0v) is 12.1. The molecule has 0 spiro atoms. The first-order valence-corrected chi connectivity index (χ1v) is 6.16. The number of benzene rings is 1. The van der Waals surface area contributed by atoms with E-state index in [2.05, 4.69) is 5.32 Å². The van der Waals surface area contributed by atoms with Crippen molar-refractivity contribution in [1.82, 2.24) is 0 Å². The maximum absolute atomic E-state index is 10.7. The molecule has 0 saturated carbocycles. The third-order valence-electron chi connectivity index (χ3n) is 2.42. The number of nitrogens with zero attached hydrogens (tertiary/aromatic N) is 1. The van der Waals surface area contributed by atoms with Crippen molar-refractivity contribution in [2.75, 3.05) is 19.0 Å². The van der Waals surface area contributed by atoms with E-state index < -0.39 is 0 Å². The molecule has 0 aromatic heterocycles. The summed E-state index contributed by atoms with van der Waals surface area (Å²) in [6.45, 7) is 4.57. The summed E-state index contributed by atoms with van der Waals surface area (Å²) in [4.78, 5) is 10.3. The molecule has 0 atom stereocenters. The van der Waals surface area contributed by atoms with E-state index in [1.807, 2.05) is 36.4 Å². The van der Waals surface area contributed by atoms with Gasteiger partial charge in [0, 0.05) is 25.4 Å². The van der Waals surface area contributed by atoms with Crippen molar-refractivity contribution in [3.05, 3.63) is 31.9 Å². The minimum atomic E-state index is -0.384. The Kier molecular flexibility index (Phi) is 4.70. The van der Waals surface area contributed by atoms with Gasteiger partial charge in [0.15, 0.2) is 0 Å². The van der Waals surface area contributed by atoms with E-state index in [-0.39, 0.29) is 16.2 Å². The molecule has 17 heavy (non-hydrogen) atoms. The van der Waals surface area contributed by atoms with Crippen LogP contribution in [0.5, 0.6) is 0 Å². The highest BCUT2D eigenvalue weighted by Crippen LogP contribution is 2.24. The third-order valence-corrected chi connectivity index (χ3v) is 3.28. The largest absolute Gasteiger partial charge is 0.382 e. The molecule has 0 heterocycles. The van der Waals surface area contributed by atoms with Gasteiger partial charge in [0.2, 0.25) is 0 Å². The molecular weight excluding hydrogens is 335 g/mol. The fourth-order valence-corrected chi connectivity index (χ4v) is 1.86. The van der Waals surface area contributed by atoms with E-state index in [1.54, 1.807) is 19.2 Å². The number of halogens is 1. The van der Waals surface area contributed by atoms with Crippen molar-refractivity contribution in [3.63, 3.8) is 0 Å².